The van der Waals surface area contributed by atoms with Crippen molar-refractivity contribution in [1.29, 1.82) is 0 Å². The molecule has 4 rings (SSSR count). The molecule has 0 N–H and O–H groups in total. The quantitative estimate of drug-likeness (QED) is 0.623. The van der Waals surface area contributed by atoms with Gasteiger partial charge in [-0.1, -0.05) is 0 Å². The number of aromatic nitrogens is 3. The summed E-state index contributed by atoms with van der Waals surface area (Å²) >= 11 is 0. The topological polar surface area (TPSA) is 58.3 Å². The van der Waals surface area contributed by atoms with E-state index in [0.717, 1.165) is 49.9 Å². The second kappa shape index (κ2) is 9.87. The van der Waals surface area contributed by atoms with E-state index in [1.165, 1.54) is 16.7 Å². The third-order valence-electron chi connectivity index (χ3n) is 4.78. The van der Waals surface area contributed by atoms with Gasteiger partial charge in [0.25, 0.3) is 0 Å². The van der Waals surface area contributed by atoms with Crippen LogP contribution in [0, 0.1) is 6.92 Å². The lowest BCUT2D eigenvalue weighted by Crippen LogP contribution is -2.32. The highest BCUT2D eigenvalue weighted by atomic mass is 35.5. The maximum absolute atomic E-state index is 5.45. The molecule has 0 amide bonds. The Morgan fingerprint density at radius 2 is 1.96 bits per heavy atom. The first-order chi connectivity index (χ1) is 12.7. The Morgan fingerprint density at radius 1 is 1.11 bits per heavy atom. The second-order valence-electron chi connectivity index (χ2n) is 6.89. The van der Waals surface area contributed by atoms with E-state index >= 15 is 0 Å². The van der Waals surface area contributed by atoms with E-state index in [4.69, 9.17) is 4.42 Å². The van der Waals surface area contributed by atoms with Crippen LogP contribution < -0.4 is 4.90 Å². The third kappa shape index (κ3) is 5.01. The van der Waals surface area contributed by atoms with Crippen LogP contribution in [0.25, 0.3) is 0 Å². The fraction of sp³-hybridized carbons (Fsp3) is 0.350. The summed E-state index contributed by atoms with van der Waals surface area (Å²) in [7, 11) is 2.11. The van der Waals surface area contributed by atoms with Gasteiger partial charge < -0.3 is 9.32 Å². The van der Waals surface area contributed by atoms with Crippen LogP contribution in [0.2, 0.25) is 0 Å². The zero-order valence-electron chi connectivity index (χ0n) is 16.0. The summed E-state index contributed by atoms with van der Waals surface area (Å²) in [5.41, 5.74) is 4.94. The van der Waals surface area contributed by atoms with Crippen molar-refractivity contribution in [3.05, 3.63) is 71.1 Å². The monoisotopic (exact) mass is 421 g/mol. The van der Waals surface area contributed by atoms with Gasteiger partial charge in [-0.2, -0.15) is 5.10 Å². The van der Waals surface area contributed by atoms with Crippen molar-refractivity contribution in [3.8, 4) is 0 Å². The van der Waals surface area contributed by atoms with E-state index in [-0.39, 0.29) is 24.8 Å². The van der Waals surface area contributed by atoms with Gasteiger partial charge in [0, 0.05) is 32.0 Å². The van der Waals surface area contributed by atoms with Crippen molar-refractivity contribution in [3.63, 3.8) is 0 Å². The number of hydrogen-bond donors (Lipinski definition) is 0. The highest BCUT2D eigenvalue weighted by Gasteiger charge is 2.21. The molecular weight excluding hydrogens is 397 g/mol. The lowest BCUT2D eigenvalue weighted by atomic mass is 9.97. The average Bonchev–Trinajstić information content (AvgIpc) is 3.15. The van der Waals surface area contributed by atoms with Gasteiger partial charge in [-0.15, -0.1) is 29.9 Å². The molecule has 0 radical (unpaired) electrons. The molecule has 0 saturated carbocycles. The van der Waals surface area contributed by atoms with Crippen LogP contribution in [0.3, 0.4) is 0 Å². The smallest absolute Gasteiger partial charge is 0.151 e. The van der Waals surface area contributed by atoms with Crippen molar-refractivity contribution in [2.24, 2.45) is 0 Å². The lowest BCUT2D eigenvalue weighted by molar-refractivity contribution is 0.286. The molecule has 0 aromatic carbocycles. The summed E-state index contributed by atoms with van der Waals surface area (Å²) in [5.74, 6) is 1.91. The molecule has 0 aliphatic carbocycles. The predicted octanol–water partition coefficient (Wildman–Crippen LogP) is 3.81. The summed E-state index contributed by atoms with van der Waals surface area (Å²) in [5, 5.41) is 8.50. The molecule has 0 fully saturated rings. The number of hydrogen-bond acceptors (Lipinski definition) is 6. The molecule has 28 heavy (non-hydrogen) atoms. The molecule has 0 atom stereocenters. The molecule has 150 valence electrons. The van der Waals surface area contributed by atoms with Gasteiger partial charge in [-0.3, -0.25) is 9.88 Å². The summed E-state index contributed by atoms with van der Waals surface area (Å²) in [6, 6.07) is 7.99. The van der Waals surface area contributed by atoms with Crippen molar-refractivity contribution in [1.82, 2.24) is 20.1 Å². The van der Waals surface area contributed by atoms with Crippen LogP contribution in [0.15, 0.2) is 47.3 Å². The van der Waals surface area contributed by atoms with Crippen molar-refractivity contribution < 1.29 is 4.42 Å². The van der Waals surface area contributed by atoms with E-state index in [0.29, 0.717) is 0 Å². The molecule has 8 heteroatoms. The normalized spacial score (nSPS) is 12.9. The number of furan rings is 1. The molecule has 3 aromatic rings. The number of halogens is 2. The Kier molecular flexibility index (Phi) is 7.80. The highest BCUT2D eigenvalue weighted by Crippen LogP contribution is 2.25. The average molecular weight is 422 g/mol. The van der Waals surface area contributed by atoms with E-state index in [9.17, 15) is 0 Å². The van der Waals surface area contributed by atoms with Crippen LogP contribution in [0.1, 0.15) is 28.1 Å². The molecule has 0 saturated heterocycles. The first-order valence-electron chi connectivity index (χ1n) is 8.90. The SMILES string of the molecule is Cc1ccc(N2CCc3c(CN(C)Cc4ccco4)cncc3C2)nn1.Cl.Cl. The zero-order chi connectivity index (χ0) is 17.9. The largest absolute Gasteiger partial charge is 0.468 e. The summed E-state index contributed by atoms with van der Waals surface area (Å²) in [4.78, 5) is 9.01. The molecule has 3 aromatic heterocycles. The number of pyridine rings is 1. The Balaban J connectivity index is 0.00000140. The van der Waals surface area contributed by atoms with Crippen LogP contribution in [-0.4, -0.2) is 33.7 Å². The van der Waals surface area contributed by atoms with Crippen LogP contribution in [0.4, 0.5) is 5.82 Å². The number of fused-ring (bicyclic) bond motifs is 1. The number of aryl methyl sites for hydroxylation is 1. The van der Waals surface area contributed by atoms with E-state index in [1.54, 1.807) is 6.26 Å². The summed E-state index contributed by atoms with van der Waals surface area (Å²) < 4.78 is 5.45. The summed E-state index contributed by atoms with van der Waals surface area (Å²) in [6.07, 6.45) is 6.70. The van der Waals surface area contributed by atoms with Gasteiger partial charge in [0.2, 0.25) is 0 Å². The zero-order valence-corrected chi connectivity index (χ0v) is 17.7. The maximum Gasteiger partial charge on any atom is 0.151 e. The molecule has 0 spiro atoms. The molecular formula is C20H25Cl2N5O. The van der Waals surface area contributed by atoms with Gasteiger partial charge in [0.1, 0.15) is 5.76 Å². The minimum absolute atomic E-state index is 0. The number of rotatable bonds is 5. The standard InChI is InChI=1S/C20H23N5O.2ClH/c1-15-5-6-20(23-22-15)25-8-7-19-16(10-21-11-17(19)13-25)12-24(2)14-18-4-3-9-26-18;;/h3-6,9-11H,7-8,12-14H2,1-2H3;2*1H. The number of anilines is 1. The minimum atomic E-state index is 0. The van der Waals surface area contributed by atoms with Crippen molar-refractivity contribution in [2.45, 2.75) is 33.0 Å². The Bertz CT molecular complexity index is 871. The molecule has 0 bridgehead atoms. The molecule has 1 aliphatic rings. The number of nitrogens with zero attached hydrogens (tertiary/aromatic N) is 5. The fourth-order valence-corrected chi connectivity index (χ4v) is 3.48. The Hall–Kier alpha value is -2.15. The van der Waals surface area contributed by atoms with Gasteiger partial charge in [0.05, 0.1) is 18.5 Å². The van der Waals surface area contributed by atoms with Crippen LogP contribution in [0.5, 0.6) is 0 Å². The first-order valence-corrected chi connectivity index (χ1v) is 8.90. The van der Waals surface area contributed by atoms with Gasteiger partial charge in [-0.25, -0.2) is 0 Å². The third-order valence-corrected chi connectivity index (χ3v) is 4.78. The van der Waals surface area contributed by atoms with Gasteiger partial charge in [0.15, 0.2) is 5.82 Å². The maximum atomic E-state index is 5.45. The van der Waals surface area contributed by atoms with Crippen molar-refractivity contribution in [2.75, 3.05) is 18.5 Å². The summed E-state index contributed by atoms with van der Waals surface area (Å²) in [6.45, 7) is 5.39. The van der Waals surface area contributed by atoms with E-state index < -0.39 is 0 Å². The Morgan fingerprint density at radius 3 is 2.68 bits per heavy atom. The minimum Gasteiger partial charge on any atom is -0.468 e. The van der Waals surface area contributed by atoms with Gasteiger partial charge >= 0.3 is 0 Å². The highest BCUT2D eigenvalue weighted by molar-refractivity contribution is 5.85. The van der Waals surface area contributed by atoms with Crippen LogP contribution in [-0.2, 0) is 26.1 Å². The predicted molar refractivity (Wildman–Crippen MR) is 114 cm³/mol. The molecule has 1 aliphatic heterocycles. The van der Waals surface area contributed by atoms with Crippen LogP contribution >= 0.6 is 24.8 Å². The lowest BCUT2D eigenvalue weighted by Gasteiger charge is -2.31. The van der Waals surface area contributed by atoms with Crippen molar-refractivity contribution >= 4 is 30.6 Å². The molecule has 6 nitrogen and oxygen atoms in total. The first kappa shape index (κ1) is 22.1. The molecule has 0 unspecified atom stereocenters. The van der Waals surface area contributed by atoms with E-state index in [1.807, 2.05) is 43.6 Å². The fourth-order valence-electron chi connectivity index (χ4n) is 3.48. The Labute approximate surface area is 177 Å². The van der Waals surface area contributed by atoms with Gasteiger partial charge in [-0.05, 0) is 61.3 Å². The van der Waals surface area contributed by atoms with E-state index in [2.05, 4.69) is 32.0 Å². The second-order valence-corrected chi connectivity index (χ2v) is 6.89. The molecule has 4 heterocycles.